The first-order chi connectivity index (χ1) is 13.5. The van der Waals surface area contributed by atoms with Crippen molar-refractivity contribution in [2.24, 2.45) is 0 Å². The number of nitrogens with one attached hydrogen (secondary N) is 2. The van der Waals surface area contributed by atoms with Crippen LogP contribution in [0.2, 0.25) is 0 Å². The van der Waals surface area contributed by atoms with Gasteiger partial charge in [0.05, 0.1) is 16.6 Å². The zero-order valence-electron chi connectivity index (χ0n) is 15.5. The molecule has 0 atom stereocenters. The molecule has 7 nitrogen and oxygen atoms in total. The van der Waals surface area contributed by atoms with Gasteiger partial charge in [-0.2, -0.15) is 0 Å². The molecule has 1 spiro atoms. The molecule has 0 unspecified atom stereocenters. The Morgan fingerprint density at radius 1 is 1.21 bits per heavy atom. The monoisotopic (exact) mass is 376 g/mol. The van der Waals surface area contributed by atoms with Crippen molar-refractivity contribution in [3.8, 4) is 0 Å². The molecule has 1 amide bonds. The van der Waals surface area contributed by atoms with Crippen molar-refractivity contribution >= 4 is 34.5 Å². The highest BCUT2D eigenvalue weighted by Gasteiger charge is 2.47. The second-order valence-electron chi connectivity index (χ2n) is 7.39. The molecule has 1 fully saturated rings. The van der Waals surface area contributed by atoms with Gasteiger partial charge in [-0.25, -0.2) is 9.78 Å². The van der Waals surface area contributed by atoms with Crippen molar-refractivity contribution < 1.29 is 14.3 Å². The smallest absolute Gasteiger partial charge is 0.339 e. The number of piperidine rings is 1. The molecular weight excluding hydrogens is 356 g/mol. The lowest BCUT2D eigenvalue weighted by Crippen LogP contribution is -2.43. The largest absolute Gasteiger partial charge is 0.450 e. The maximum atomic E-state index is 12.2. The number of fused-ring (bicyclic) bond motifs is 3. The number of imidazole rings is 1. The molecule has 0 saturated carbocycles. The Hall–Kier alpha value is -3.35. The van der Waals surface area contributed by atoms with E-state index >= 15 is 0 Å². The molecule has 0 radical (unpaired) electrons. The Bertz CT molecular complexity index is 1100. The van der Waals surface area contributed by atoms with Crippen molar-refractivity contribution in [3.05, 3.63) is 53.6 Å². The van der Waals surface area contributed by atoms with Crippen LogP contribution in [0.3, 0.4) is 0 Å². The van der Waals surface area contributed by atoms with Crippen LogP contribution in [0.1, 0.15) is 35.7 Å². The SMILES string of the molecule is CC(=O)Nc1ccc2nc(N3CCC4(CC3)OC(=O)c3ccccc34)[nH]c2c1. The van der Waals surface area contributed by atoms with Crippen molar-refractivity contribution in [3.63, 3.8) is 0 Å². The molecule has 3 aromatic rings. The fraction of sp³-hybridized carbons (Fsp3) is 0.286. The van der Waals surface area contributed by atoms with Gasteiger partial charge in [-0.1, -0.05) is 18.2 Å². The minimum Gasteiger partial charge on any atom is -0.450 e. The van der Waals surface area contributed by atoms with E-state index in [1.807, 2.05) is 42.5 Å². The number of esters is 1. The molecule has 0 aliphatic carbocycles. The van der Waals surface area contributed by atoms with Crippen molar-refractivity contribution in [2.75, 3.05) is 23.3 Å². The number of carbonyl (C=O) groups excluding carboxylic acids is 2. The minimum absolute atomic E-state index is 0.105. The van der Waals surface area contributed by atoms with Gasteiger partial charge < -0.3 is 19.9 Å². The summed E-state index contributed by atoms with van der Waals surface area (Å²) in [5.74, 6) is 0.465. The van der Waals surface area contributed by atoms with Crippen molar-refractivity contribution in [1.82, 2.24) is 9.97 Å². The molecule has 2 N–H and O–H groups in total. The van der Waals surface area contributed by atoms with E-state index in [0.29, 0.717) is 5.56 Å². The number of aromatic nitrogens is 2. The van der Waals surface area contributed by atoms with Crippen molar-refractivity contribution in [2.45, 2.75) is 25.4 Å². The number of benzene rings is 2. The number of hydrogen-bond acceptors (Lipinski definition) is 5. The lowest BCUT2D eigenvalue weighted by atomic mass is 9.84. The molecule has 2 aliphatic rings. The first kappa shape index (κ1) is 16.8. The number of H-pyrrole nitrogens is 1. The summed E-state index contributed by atoms with van der Waals surface area (Å²) in [6.07, 6.45) is 1.45. The van der Waals surface area contributed by atoms with Crippen molar-refractivity contribution in [1.29, 1.82) is 0 Å². The summed E-state index contributed by atoms with van der Waals surface area (Å²) in [6, 6.07) is 13.3. The van der Waals surface area contributed by atoms with Gasteiger partial charge in [0.15, 0.2) is 0 Å². The van der Waals surface area contributed by atoms with Crippen LogP contribution in [-0.4, -0.2) is 34.9 Å². The Labute approximate surface area is 161 Å². The molecule has 5 rings (SSSR count). The van der Waals surface area contributed by atoms with Gasteiger partial charge in [-0.05, 0) is 24.3 Å². The summed E-state index contributed by atoms with van der Waals surface area (Å²) < 4.78 is 5.82. The maximum Gasteiger partial charge on any atom is 0.339 e. The van der Waals surface area contributed by atoms with Gasteiger partial charge in [-0.15, -0.1) is 0 Å². The Morgan fingerprint density at radius 2 is 2.00 bits per heavy atom. The summed E-state index contributed by atoms with van der Waals surface area (Å²) in [7, 11) is 0. The van der Waals surface area contributed by atoms with E-state index in [4.69, 9.17) is 4.74 Å². The lowest BCUT2D eigenvalue weighted by Gasteiger charge is -2.38. The van der Waals surface area contributed by atoms with E-state index in [-0.39, 0.29) is 11.9 Å². The quantitative estimate of drug-likeness (QED) is 0.671. The average Bonchev–Trinajstić information content (AvgIpc) is 3.22. The van der Waals surface area contributed by atoms with Crippen LogP contribution in [0.15, 0.2) is 42.5 Å². The third-order valence-electron chi connectivity index (χ3n) is 5.59. The molecule has 3 heterocycles. The summed E-state index contributed by atoms with van der Waals surface area (Å²) >= 11 is 0. The first-order valence-corrected chi connectivity index (χ1v) is 9.39. The van der Waals surface area contributed by atoms with Gasteiger partial charge in [0.2, 0.25) is 11.9 Å². The number of carbonyl (C=O) groups is 2. The molecule has 7 heteroatoms. The summed E-state index contributed by atoms with van der Waals surface area (Å²) in [4.78, 5) is 33.7. The average molecular weight is 376 g/mol. The van der Waals surface area contributed by atoms with Gasteiger partial charge in [0, 0.05) is 44.1 Å². The van der Waals surface area contributed by atoms with Crippen LogP contribution in [0.4, 0.5) is 11.6 Å². The van der Waals surface area contributed by atoms with Crippen LogP contribution < -0.4 is 10.2 Å². The number of anilines is 2. The molecule has 2 aromatic carbocycles. The highest BCUT2D eigenvalue weighted by molar-refractivity contribution is 5.95. The zero-order valence-corrected chi connectivity index (χ0v) is 15.5. The number of aromatic amines is 1. The first-order valence-electron chi connectivity index (χ1n) is 9.39. The summed E-state index contributed by atoms with van der Waals surface area (Å²) in [5, 5.41) is 2.78. The van der Waals surface area contributed by atoms with Crippen LogP contribution in [0.5, 0.6) is 0 Å². The predicted molar refractivity (Wildman–Crippen MR) is 105 cm³/mol. The molecular formula is C21H20N4O3. The van der Waals surface area contributed by atoms with E-state index in [1.54, 1.807) is 0 Å². The third kappa shape index (κ3) is 2.62. The molecule has 1 aromatic heterocycles. The fourth-order valence-corrected chi connectivity index (χ4v) is 4.22. The molecule has 142 valence electrons. The zero-order chi connectivity index (χ0) is 19.3. The van der Waals surface area contributed by atoms with E-state index < -0.39 is 5.60 Å². The molecule has 28 heavy (non-hydrogen) atoms. The standard InChI is InChI=1S/C21H20N4O3/c1-13(26)22-14-6-7-17-18(12-14)24-20(23-17)25-10-8-21(9-11-25)16-5-3-2-4-15(16)19(27)28-21/h2-7,12H,8-11H2,1H3,(H,22,26)(H,23,24). The predicted octanol–water partition coefficient (Wildman–Crippen LogP) is 3.19. The molecule has 1 saturated heterocycles. The van der Waals surface area contributed by atoms with Crippen LogP contribution in [-0.2, 0) is 15.1 Å². The number of hydrogen-bond donors (Lipinski definition) is 2. The van der Waals surface area contributed by atoms with E-state index in [0.717, 1.165) is 54.2 Å². The van der Waals surface area contributed by atoms with Gasteiger partial charge in [0.25, 0.3) is 0 Å². The Kier molecular flexibility index (Phi) is 3.65. The Morgan fingerprint density at radius 3 is 2.79 bits per heavy atom. The van der Waals surface area contributed by atoms with Gasteiger partial charge in [0.1, 0.15) is 5.60 Å². The van der Waals surface area contributed by atoms with Gasteiger partial charge >= 0.3 is 5.97 Å². The highest BCUT2D eigenvalue weighted by Crippen LogP contribution is 2.44. The lowest BCUT2D eigenvalue weighted by molar-refractivity contribution is -0.114. The number of amides is 1. The van der Waals surface area contributed by atoms with Gasteiger partial charge in [-0.3, -0.25) is 4.79 Å². The molecule has 0 bridgehead atoms. The van der Waals surface area contributed by atoms with E-state index in [1.165, 1.54) is 6.92 Å². The van der Waals surface area contributed by atoms with E-state index in [9.17, 15) is 9.59 Å². The maximum absolute atomic E-state index is 12.2. The minimum atomic E-state index is -0.519. The number of rotatable bonds is 2. The van der Waals surface area contributed by atoms with Crippen LogP contribution >= 0.6 is 0 Å². The highest BCUT2D eigenvalue weighted by atomic mass is 16.6. The topological polar surface area (TPSA) is 87.3 Å². The second kappa shape index (κ2) is 6.09. The number of ether oxygens (including phenoxy) is 1. The number of nitrogens with zero attached hydrogens (tertiary/aromatic N) is 2. The summed E-state index contributed by atoms with van der Waals surface area (Å²) in [5.41, 5.74) is 3.63. The van der Waals surface area contributed by atoms with Crippen LogP contribution in [0, 0.1) is 0 Å². The van der Waals surface area contributed by atoms with Crippen LogP contribution in [0.25, 0.3) is 11.0 Å². The Balaban J connectivity index is 1.37. The second-order valence-corrected chi connectivity index (χ2v) is 7.39. The van der Waals surface area contributed by atoms with E-state index in [2.05, 4.69) is 20.2 Å². The summed E-state index contributed by atoms with van der Waals surface area (Å²) in [6.45, 7) is 2.96. The third-order valence-corrected chi connectivity index (χ3v) is 5.59. The fourth-order valence-electron chi connectivity index (χ4n) is 4.22. The molecule has 2 aliphatic heterocycles. The normalized spacial score (nSPS) is 17.6.